The summed E-state index contributed by atoms with van der Waals surface area (Å²) in [6, 6.07) is 6.75. The lowest BCUT2D eigenvalue weighted by atomic mass is 10.1. The minimum absolute atomic E-state index is 0.0314. The first-order valence-electron chi connectivity index (χ1n) is 4.12. The van der Waals surface area contributed by atoms with E-state index in [0.717, 1.165) is 0 Å². The van der Waals surface area contributed by atoms with E-state index in [4.69, 9.17) is 0 Å². The summed E-state index contributed by atoms with van der Waals surface area (Å²) >= 11 is 1.77. The van der Waals surface area contributed by atoms with Crippen molar-refractivity contribution in [3.05, 3.63) is 32.7 Å². The lowest BCUT2D eigenvalue weighted by Crippen LogP contribution is -1.81. The van der Waals surface area contributed by atoms with Crippen molar-refractivity contribution in [3.63, 3.8) is 0 Å². The Kier molecular flexibility index (Phi) is 2.47. The first kappa shape index (κ1) is 10.2. The van der Waals surface area contributed by atoms with Crippen molar-refractivity contribution in [2.24, 2.45) is 5.18 Å². The zero-order valence-corrected chi connectivity index (χ0v) is 9.59. The van der Waals surface area contributed by atoms with E-state index in [1.807, 2.05) is 0 Å². The number of nitroso groups, excluding NO2 is 1. The number of fused-ring (bicyclic) bond motifs is 1. The minimum Gasteiger partial charge on any atom is -0.506 e. The molecule has 0 unspecified atom stereocenters. The molecule has 0 aliphatic rings. The molecule has 0 aromatic heterocycles. The average Bonchev–Trinajstić information content (AvgIpc) is 2.27. The van der Waals surface area contributed by atoms with Gasteiger partial charge in [-0.05, 0) is 27.8 Å². The van der Waals surface area contributed by atoms with Crippen LogP contribution >= 0.6 is 22.6 Å². The van der Waals surface area contributed by atoms with Crippen LogP contribution in [0.2, 0.25) is 0 Å². The van der Waals surface area contributed by atoms with Gasteiger partial charge in [0.1, 0.15) is 5.75 Å². The van der Waals surface area contributed by atoms with Gasteiger partial charge in [-0.2, -0.15) is 0 Å². The molecule has 0 saturated heterocycles. The molecule has 0 amide bonds. The molecule has 0 radical (unpaired) electrons. The summed E-state index contributed by atoms with van der Waals surface area (Å²) in [6.45, 7) is 0. The van der Waals surface area contributed by atoms with Gasteiger partial charge in [0.2, 0.25) is 0 Å². The maximum atomic E-state index is 10.6. The van der Waals surface area contributed by atoms with Crippen LogP contribution in [0.3, 0.4) is 0 Å². The van der Waals surface area contributed by atoms with Crippen molar-refractivity contribution >= 4 is 39.1 Å². The Bertz CT molecular complexity index is 554. The van der Waals surface area contributed by atoms with E-state index >= 15 is 0 Å². The number of halogens is 1. The van der Waals surface area contributed by atoms with Crippen LogP contribution in [0.4, 0.5) is 5.69 Å². The number of rotatable bonds is 1. The monoisotopic (exact) mass is 315 g/mol. The predicted octanol–water partition coefficient (Wildman–Crippen LogP) is 3.25. The summed E-state index contributed by atoms with van der Waals surface area (Å²) in [6.07, 6.45) is 0. The van der Waals surface area contributed by atoms with Crippen LogP contribution in [-0.4, -0.2) is 10.2 Å². The summed E-state index contributed by atoms with van der Waals surface area (Å²) in [5.74, 6) is -0.307. The highest BCUT2D eigenvalue weighted by Crippen LogP contribution is 2.44. The third kappa shape index (κ3) is 1.43. The lowest BCUT2D eigenvalue weighted by molar-refractivity contribution is 0.449. The van der Waals surface area contributed by atoms with Crippen molar-refractivity contribution < 1.29 is 10.2 Å². The standard InChI is InChI=1S/C10H6INO3/c11-7-9(13)6-4-2-1-3-5(6)8(12-15)10(7)14/h1-4,13-14H. The van der Waals surface area contributed by atoms with E-state index in [1.165, 1.54) is 0 Å². The van der Waals surface area contributed by atoms with Gasteiger partial charge in [-0.25, -0.2) is 0 Å². The van der Waals surface area contributed by atoms with E-state index in [2.05, 4.69) is 5.18 Å². The Labute approximate surface area is 98.7 Å². The van der Waals surface area contributed by atoms with Gasteiger partial charge in [0.15, 0.2) is 11.4 Å². The zero-order chi connectivity index (χ0) is 11.0. The van der Waals surface area contributed by atoms with Gasteiger partial charge in [-0.15, -0.1) is 4.91 Å². The van der Waals surface area contributed by atoms with Crippen molar-refractivity contribution in [1.29, 1.82) is 0 Å². The van der Waals surface area contributed by atoms with E-state index in [1.54, 1.807) is 46.9 Å². The second-order valence-corrected chi connectivity index (χ2v) is 4.08. The Balaban J connectivity index is 3.04. The molecule has 2 N–H and O–H groups in total. The van der Waals surface area contributed by atoms with Gasteiger partial charge in [0, 0.05) is 10.8 Å². The van der Waals surface area contributed by atoms with E-state index < -0.39 is 0 Å². The average molecular weight is 315 g/mol. The highest BCUT2D eigenvalue weighted by Gasteiger charge is 2.16. The van der Waals surface area contributed by atoms with E-state index in [9.17, 15) is 15.1 Å². The van der Waals surface area contributed by atoms with Gasteiger partial charge in [0.05, 0.1) is 3.57 Å². The van der Waals surface area contributed by atoms with Gasteiger partial charge in [-0.1, -0.05) is 24.3 Å². The molecule has 2 aromatic carbocycles. The molecule has 0 spiro atoms. The number of benzene rings is 2. The van der Waals surface area contributed by atoms with Crippen molar-refractivity contribution in [3.8, 4) is 11.5 Å². The number of hydrogen-bond donors (Lipinski definition) is 2. The predicted molar refractivity (Wildman–Crippen MR) is 65.4 cm³/mol. The molecule has 15 heavy (non-hydrogen) atoms. The summed E-state index contributed by atoms with van der Waals surface area (Å²) in [7, 11) is 0. The van der Waals surface area contributed by atoms with E-state index in [-0.39, 0.29) is 20.8 Å². The number of aromatic hydroxyl groups is 2. The first-order valence-corrected chi connectivity index (χ1v) is 5.20. The molecule has 0 saturated carbocycles. The third-order valence-corrected chi connectivity index (χ3v) is 3.19. The summed E-state index contributed by atoms with van der Waals surface area (Å²) in [4.78, 5) is 10.6. The number of phenols is 2. The summed E-state index contributed by atoms with van der Waals surface area (Å²) in [5, 5.41) is 23.1. The Morgan fingerprint density at radius 1 is 1.07 bits per heavy atom. The molecule has 76 valence electrons. The molecule has 5 heteroatoms. The molecule has 0 aliphatic carbocycles. The molecule has 2 aromatic rings. The van der Waals surface area contributed by atoms with Crippen molar-refractivity contribution in [2.45, 2.75) is 0 Å². The van der Waals surface area contributed by atoms with Crippen LogP contribution in [0.25, 0.3) is 10.8 Å². The molecule has 2 rings (SSSR count). The smallest absolute Gasteiger partial charge is 0.162 e. The number of nitrogens with zero attached hydrogens (tertiary/aromatic N) is 1. The summed E-state index contributed by atoms with van der Waals surface area (Å²) < 4.78 is 0.237. The van der Waals surface area contributed by atoms with Crippen LogP contribution in [0.5, 0.6) is 11.5 Å². The van der Waals surface area contributed by atoms with Crippen LogP contribution in [0.1, 0.15) is 0 Å². The molecule has 0 bridgehead atoms. The fraction of sp³-hybridized carbons (Fsp3) is 0. The largest absolute Gasteiger partial charge is 0.506 e. The SMILES string of the molecule is O=Nc1c(O)c(I)c(O)c2ccccc12. The highest BCUT2D eigenvalue weighted by molar-refractivity contribution is 14.1. The molecule has 0 aliphatic heterocycles. The Hall–Kier alpha value is -1.37. The third-order valence-electron chi connectivity index (χ3n) is 2.17. The topological polar surface area (TPSA) is 69.9 Å². The summed E-state index contributed by atoms with van der Waals surface area (Å²) in [5.41, 5.74) is -0.0344. The normalized spacial score (nSPS) is 10.5. The molecular weight excluding hydrogens is 309 g/mol. The van der Waals surface area contributed by atoms with E-state index in [0.29, 0.717) is 10.8 Å². The van der Waals surface area contributed by atoms with Crippen LogP contribution in [-0.2, 0) is 0 Å². The molecule has 4 nitrogen and oxygen atoms in total. The lowest BCUT2D eigenvalue weighted by Gasteiger charge is -2.07. The molecule has 0 heterocycles. The second kappa shape index (κ2) is 3.65. The Morgan fingerprint density at radius 2 is 1.67 bits per heavy atom. The van der Waals surface area contributed by atoms with Gasteiger partial charge in [-0.3, -0.25) is 0 Å². The molecule has 0 atom stereocenters. The number of hydrogen-bond acceptors (Lipinski definition) is 4. The number of phenolic OH excluding ortho intramolecular Hbond substituents is 2. The Morgan fingerprint density at radius 3 is 2.27 bits per heavy atom. The van der Waals surface area contributed by atoms with Gasteiger partial charge < -0.3 is 10.2 Å². The van der Waals surface area contributed by atoms with Crippen molar-refractivity contribution in [1.82, 2.24) is 0 Å². The highest BCUT2D eigenvalue weighted by atomic mass is 127. The fourth-order valence-corrected chi connectivity index (χ4v) is 2.00. The van der Waals surface area contributed by atoms with Gasteiger partial charge >= 0.3 is 0 Å². The van der Waals surface area contributed by atoms with Gasteiger partial charge in [0.25, 0.3) is 0 Å². The minimum atomic E-state index is -0.276. The maximum Gasteiger partial charge on any atom is 0.162 e. The van der Waals surface area contributed by atoms with Crippen molar-refractivity contribution in [2.75, 3.05) is 0 Å². The second-order valence-electron chi connectivity index (χ2n) is 3.00. The molecule has 0 fully saturated rings. The zero-order valence-electron chi connectivity index (χ0n) is 7.44. The quantitative estimate of drug-likeness (QED) is 0.627. The fourth-order valence-electron chi connectivity index (χ4n) is 1.45. The first-order chi connectivity index (χ1) is 7.16. The van der Waals surface area contributed by atoms with Crippen LogP contribution in [0, 0.1) is 8.48 Å². The van der Waals surface area contributed by atoms with Crippen LogP contribution in [0.15, 0.2) is 29.4 Å². The van der Waals surface area contributed by atoms with Crippen LogP contribution < -0.4 is 0 Å². The molecular formula is C10H6INO3. The maximum absolute atomic E-state index is 10.6.